The average molecular weight is 914 g/mol. The van der Waals surface area contributed by atoms with Gasteiger partial charge in [-0.1, -0.05) is 204 Å². The van der Waals surface area contributed by atoms with Gasteiger partial charge in [-0.15, -0.1) is 0 Å². The van der Waals surface area contributed by atoms with E-state index in [9.17, 15) is 19.5 Å². The molecule has 0 aromatic rings. The van der Waals surface area contributed by atoms with Gasteiger partial charge in [-0.3, -0.25) is 9.59 Å². The van der Waals surface area contributed by atoms with Crippen LogP contribution in [0.4, 0.5) is 0 Å². The number of aliphatic carboxylic acids is 1. The standard InChI is InChI=1S/C57H103NO7/c1-6-8-10-12-14-16-18-20-22-24-26-27-28-29-30-32-33-35-37-39-41-43-45-47-55(59)64-52-53(51-63-50-49-54(57(61)62)58(3,4)5)65-56(60)48-46-44-42-40-38-36-34-31-25-23-21-19-17-15-13-11-9-7-2/h23,25-27,29-31,34,53-54H,6-22,24,28,32-33,35-52H2,1-5H3/b25-23+,27-26+,30-29+,34-31+. The molecule has 8 nitrogen and oxygen atoms in total. The Labute approximate surface area is 401 Å². The number of carbonyl (C=O) groups excluding carboxylic acids is 3. The lowest BCUT2D eigenvalue weighted by atomic mass is 10.1. The predicted octanol–water partition coefficient (Wildman–Crippen LogP) is 14.6. The first-order chi connectivity index (χ1) is 31.6. The molecule has 2 atom stereocenters. The van der Waals surface area contributed by atoms with Crippen LogP contribution in [0.5, 0.6) is 0 Å². The molecule has 0 rings (SSSR count). The predicted molar refractivity (Wildman–Crippen MR) is 273 cm³/mol. The van der Waals surface area contributed by atoms with Gasteiger partial charge in [-0.05, 0) is 70.6 Å². The van der Waals surface area contributed by atoms with Crippen LogP contribution in [0.15, 0.2) is 48.6 Å². The summed E-state index contributed by atoms with van der Waals surface area (Å²) in [5, 5.41) is 11.7. The third kappa shape index (κ3) is 46.2. The van der Waals surface area contributed by atoms with Crippen LogP contribution in [0, 0.1) is 0 Å². The van der Waals surface area contributed by atoms with Crippen molar-refractivity contribution in [3.8, 4) is 0 Å². The number of hydrogen-bond donors (Lipinski definition) is 0. The molecule has 2 unspecified atom stereocenters. The average Bonchev–Trinajstić information content (AvgIpc) is 3.27. The summed E-state index contributed by atoms with van der Waals surface area (Å²) in [4.78, 5) is 37.1. The van der Waals surface area contributed by atoms with Crippen LogP contribution < -0.4 is 5.11 Å². The third-order valence-corrected chi connectivity index (χ3v) is 12.2. The van der Waals surface area contributed by atoms with Gasteiger partial charge in [0.25, 0.3) is 0 Å². The van der Waals surface area contributed by atoms with E-state index in [1.807, 2.05) is 0 Å². The largest absolute Gasteiger partial charge is 0.544 e. The van der Waals surface area contributed by atoms with Gasteiger partial charge in [0, 0.05) is 19.3 Å². The van der Waals surface area contributed by atoms with Crippen LogP contribution in [0.1, 0.15) is 245 Å². The number of allylic oxidation sites excluding steroid dienone is 8. The minimum absolute atomic E-state index is 0.0318. The van der Waals surface area contributed by atoms with E-state index >= 15 is 0 Å². The maximum absolute atomic E-state index is 12.8. The summed E-state index contributed by atoms with van der Waals surface area (Å²) >= 11 is 0. The second-order valence-corrected chi connectivity index (χ2v) is 19.5. The normalized spacial score (nSPS) is 13.2. The first-order valence-electron chi connectivity index (χ1n) is 27.2. The van der Waals surface area contributed by atoms with Crippen molar-refractivity contribution in [2.75, 3.05) is 41.0 Å². The lowest BCUT2D eigenvalue weighted by Crippen LogP contribution is -2.55. The van der Waals surface area contributed by atoms with Crippen molar-refractivity contribution < 1.29 is 38.2 Å². The van der Waals surface area contributed by atoms with E-state index in [-0.39, 0.29) is 42.7 Å². The Hall–Kier alpha value is -2.71. The van der Waals surface area contributed by atoms with Crippen molar-refractivity contribution in [1.82, 2.24) is 0 Å². The summed E-state index contributed by atoms with van der Waals surface area (Å²) in [6, 6.07) is -0.732. The van der Waals surface area contributed by atoms with Gasteiger partial charge in [-0.25, -0.2) is 0 Å². The lowest BCUT2D eigenvalue weighted by molar-refractivity contribution is -0.889. The van der Waals surface area contributed by atoms with E-state index < -0.39 is 18.1 Å². The molecule has 8 heteroatoms. The van der Waals surface area contributed by atoms with Gasteiger partial charge in [-0.2, -0.15) is 0 Å². The van der Waals surface area contributed by atoms with E-state index in [4.69, 9.17) is 14.2 Å². The fourth-order valence-electron chi connectivity index (χ4n) is 7.98. The molecule has 0 N–H and O–H groups in total. The van der Waals surface area contributed by atoms with Crippen LogP contribution in [0.2, 0.25) is 0 Å². The Morgan fingerprint density at radius 3 is 1.28 bits per heavy atom. The Balaban J connectivity index is 4.24. The lowest BCUT2D eigenvalue weighted by Gasteiger charge is -2.34. The zero-order valence-corrected chi connectivity index (χ0v) is 43.2. The maximum Gasteiger partial charge on any atom is 0.306 e. The number of rotatable bonds is 49. The van der Waals surface area contributed by atoms with E-state index in [1.54, 1.807) is 21.1 Å². The second kappa shape index (κ2) is 47.8. The summed E-state index contributed by atoms with van der Waals surface area (Å²) < 4.78 is 17.2. The number of carbonyl (C=O) groups is 3. The molecule has 0 bridgehead atoms. The smallest absolute Gasteiger partial charge is 0.306 e. The Bertz CT molecular complexity index is 1200. The highest BCUT2D eigenvalue weighted by molar-refractivity contribution is 5.70. The van der Waals surface area contributed by atoms with Gasteiger partial charge in [0.2, 0.25) is 0 Å². The number of likely N-dealkylation sites (N-methyl/N-ethyl adjacent to an activating group) is 1. The number of hydrogen-bond acceptors (Lipinski definition) is 7. The molecule has 0 heterocycles. The van der Waals surface area contributed by atoms with Crippen LogP contribution in [0.25, 0.3) is 0 Å². The van der Waals surface area contributed by atoms with Crippen molar-refractivity contribution in [2.45, 2.75) is 257 Å². The summed E-state index contributed by atoms with van der Waals surface area (Å²) in [5.74, 6) is -1.76. The summed E-state index contributed by atoms with van der Waals surface area (Å²) in [5.41, 5.74) is 0. The molecular weight excluding hydrogens is 811 g/mol. The van der Waals surface area contributed by atoms with Crippen molar-refractivity contribution in [3.05, 3.63) is 48.6 Å². The molecular formula is C57H103NO7. The molecule has 0 aliphatic rings. The topological polar surface area (TPSA) is 102 Å². The van der Waals surface area contributed by atoms with Gasteiger partial charge in [0.05, 0.1) is 40.3 Å². The molecule has 0 radical (unpaired) electrons. The number of quaternary nitrogens is 1. The molecule has 0 aromatic heterocycles. The molecule has 0 spiro atoms. The van der Waals surface area contributed by atoms with E-state index in [0.29, 0.717) is 12.8 Å². The fraction of sp³-hybridized carbons (Fsp3) is 0.807. The number of esters is 2. The highest BCUT2D eigenvalue weighted by Gasteiger charge is 2.25. The van der Waals surface area contributed by atoms with Gasteiger partial charge in [0.1, 0.15) is 12.6 Å². The summed E-state index contributed by atoms with van der Waals surface area (Å²) in [6.07, 6.45) is 58.6. The molecule has 0 saturated heterocycles. The summed E-state index contributed by atoms with van der Waals surface area (Å²) in [7, 11) is 5.41. The Kier molecular flexibility index (Phi) is 45.8. The van der Waals surface area contributed by atoms with Crippen molar-refractivity contribution in [2.24, 2.45) is 0 Å². The molecule has 0 aromatic carbocycles. The van der Waals surface area contributed by atoms with Crippen molar-refractivity contribution >= 4 is 17.9 Å². The zero-order valence-electron chi connectivity index (χ0n) is 43.2. The number of unbranched alkanes of at least 4 members (excludes halogenated alkanes) is 28. The molecule has 65 heavy (non-hydrogen) atoms. The molecule has 0 aliphatic carbocycles. The third-order valence-electron chi connectivity index (χ3n) is 12.2. The van der Waals surface area contributed by atoms with Crippen LogP contribution in [-0.2, 0) is 28.6 Å². The molecule has 0 fully saturated rings. The van der Waals surface area contributed by atoms with Crippen LogP contribution >= 0.6 is 0 Å². The Morgan fingerprint density at radius 1 is 0.477 bits per heavy atom. The second-order valence-electron chi connectivity index (χ2n) is 19.5. The van der Waals surface area contributed by atoms with E-state index in [1.165, 1.54) is 141 Å². The summed E-state index contributed by atoms with van der Waals surface area (Å²) in [6.45, 7) is 4.66. The zero-order chi connectivity index (χ0) is 47.7. The van der Waals surface area contributed by atoms with Crippen molar-refractivity contribution in [1.29, 1.82) is 0 Å². The number of ether oxygens (including phenoxy) is 3. The van der Waals surface area contributed by atoms with Gasteiger partial charge in [0.15, 0.2) is 6.10 Å². The number of carboxylic acid groups (broad SMARTS) is 1. The highest BCUT2D eigenvalue weighted by atomic mass is 16.6. The molecule has 0 saturated carbocycles. The number of carboxylic acids is 1. The first kappa shape index (κ1) is 62.3. The van der Waals surface area contributed by atoms with Crippen LogP contribution in [0.3, 0.4) is 0 Å². The minimum Gasteiger partial charge on any atom is -0.544 e. The monoisotopic (exact) mass is 914 g/mol. The number of nitrogens with zero attached hydrogens (tertiary/aromatic N) is 1. The minimum atomic E-state index is -1.13. The van der Waals surface area contributed by atoms with Gasteiger partial charge >= 0.3 is 11.9 Å². The van der Waals surface area contributed by atoms with Crippen molar-refractivity contribution in [3.63, 3.8) is 0 Å². The highest BCUT2D eigenvalue weighted by Crippen LogP contribution is 2.15. The fourth-order valence-corrected chi connectivity index (χ4v) is 7.98. The first-order valence-corrected chi connectivity index (χ1v) is 27.2. The molecule has 0 amide bonds. The molecule has 0 aliphatic heterocycles. The SMILES string of the molecule is CCCCCCCCC/C=C/C=C/CCCCCCCC(=O)OC(COCCC(C(=O)[O-])[N+](C)(C)C)COC(=O)CCCCCCCCC/C=C/C/C=C/CCCCCCCCCCC. The van der Waals surface area contributed by atoms with Crippen LogP contribution in [-0.4, -0.2) is 75.5 Å². The maximum atomic E-state index is 12.8. The quantitative estimate of drug-likeness (QED) is 0.0197. The molecule has 378 valence electrons. The van der Waals surface area contributed by atoms with E-state index in [2.05, 4.69) is 62.5 Å². The Morgan fingerprint density at radius 2 is 0.862 bits per heavy atom. The van der Waals surface area contributed by atoms with E-state index in [0.717, 1.165) is 70.6 Å². The van der Waals surface area contributed by atoms with Gasteiger partial charge < -0.3 is 28.6 Å².